The highest BCUT2D eigenvalue weighted by Gasteiger charge is 2.50. The first-order valence-electron chi connectivity index (χ1n) is 14.3. The summed E-state index contributed by atoms with van der Waals surface area (Å²) >= 11 is 0. The van der Waals surface area contributed by atoms with Crippen LogP contribution in [0.1, 0.15) is 46.6 Å². The van der Waals surface area contributed by atoms with E-state index in [0.29, 0.717) is 19.6 Å². The van der Waals surface area contributed by atoms with Gasteiger partial charge in [-0.05, 0) is 41.2 Å². The van der Waals surface area contributed by atoms with Crippen molar-refractivity contribution >= 4 is 30.4 Å². The minimum Gasteiger partial charge on any atom is -0.457 e. The van der Waals surface area contributed by atoms with Gasteiger partial charge in [-0.2, -0.15) is 0 Å². The fraction of sp³-hybridized carbons (Fsp3) is 0.371. The second kappa shape index (κ2) is 15.1. The number of hydrogen-bond acceptors (Lipinski definition) is 5. The van der Waals surface area contributed by atoms with Crippen molar-refractivity contribution in [1.82, 2.24) is 0 Å². The maximum Gasteiger partial charge on any atom is 0.375 e. The van der Waals surface area contributed by atoms with E-state index in [4.69, 9.17) is 13.9 Å². The molecule has 0 N–H and O–H groups in total. The maximum absolute atomic E-state index is 13.5. The molecule has 218 valence electrons. The molecule has 3 aromatic carbocycles. The van der Waals surface area contributed by atoms with Gasteiger partial charge in [-0.25, -0.2) is 4.79 Å². The Kier molecular flexibility index (Phi) is 11.8. The molecule has 0 unspecified atom stereocenters. The van der Waals surface area contributed by atoms with Crippen molar-refractivity contribution in [2.45, 2.75) is 58.8 Å². The molecule has 6 heteroatoms. The first-order chi connectivity index (χ1) is 19.6. The standard InChI is InChI=1S/C35H44O5Si/c1-7-29(32(33(36)34(37)40-27(2)3)23-24-38-25-28-17-11-8-12-18-28)26-39-41(35(4,5)6,30-19-13-9-14-20-30)31-21-15-10-16-22-31/h7-22,27,29,32H,1,23-26H2,2-6H3/t29-,32-/m0/s1. The number of carbonyl (C=O) groups excluding carboxylic acids is 2. The Labute approximate surface area is 246 Å². The van der Waals surface area contributed by atoms with Crippen molar-refractivity contribution in [2.75, 3.05) is 13.2 Å². The van der Waals surface area contributed by atoms with Crippen molar-refractivity contribution < 1.29 is 23.5 Å². The van der Waals surface area contributed by atoms with E-state index in [1.807, 2.05) is 66.7 Å². The molecule has 0 heterocycles. The Morgan fingerprint density at radius 1 is 0.854 bits per heavy atom. The van der Waals surface area contributed by atoms with Gasteiger partial charge >= 0.3 is 5.97 Å². The van der Waals surface area contributed by atoms with Gasteiger partial charge in [-0.1, -0.05) is 118 Å². The molecular weight excluding hydrogens is 528 g/mol. The summed E-state index contributed by atoms with van der Waals surface area (Å²) in [7, 11) is -2.85. The largest absolute Gasteiger partial charge is 0.457 e. The van der Waals surface area contributed by atoms with E-state index < -0.39 is 38.0 Å². The Morgan fingerprint density at radius 3 is 1.83 bits per heavy atom. The number of carbonyl (C=O) groups is 2. The minimum absolute atomic E-state index is 0.226. The predicted octanol–water partition coefficient (Wildman–Crippen LogP) is 6.11. The normalized spacial score (nSPS) is 13.4. The van der Waals surface area contributed by atoms with Crippen LogP contribution in [-0.4, -0.2) is 39.4 Å². The number of ketones is 1. The highest BCUT2D eigenvalue weighted by atomic mass is 28.4. The Morgan fingerprint density at radius 2 is 1.37 bits per heavy atom. The van der Waals surface area contributed by atoms with E-state index in [9.17, 15) is 9.59 Å². The molecule has 0 amide bonds. The number of hydrogen-bond donors (Lipinski definition) is 0. The maximum atomic E-state index is 13.5. The van der Waals surface area contributed by atoms with Gasteiger partial charge in [0.05, 0.1) is 12.7 Å². The average Bonchev–Trinajstić information content (AvgIpc) is 2.96. The summed E-state index contributed by atoms with van der Waals surface area (Å²) in [4.78, 5) is 26.3. The lowest BCUT2D eigenvalue weighted by Crippen LogP contribution is -2.67. The van der Waals surface area contributed by atoms with E-state index in [-0.39, 0.29) is 11.6 Å². The van der Waals surface area contributed by atoms with Crippen molar-refractivity contribution in [3.05, 3.63) is 109 Å². The average molecular weight is 573 g/mol. The summed E-state index contributed by atoms with van der Waals surface area (Å²) in [6.07, 6.45) is 1.69. The summed E-state index contributed by atoms with van der Waals surface area (Å²) in [5, 5.41) is 2.07. The SMILES string of the molecule is C=C[C@@H](CO[Si](c1ccccc1)(c1ccccc1)C(C)(C)C)[C@H](CCOCc1ccccc1)C(=O)C(=O)OC(C)C. The van der Waals surface area contributed by atoms with Crippen LogP contribution in [0.4, 0.5) is 0 Å². The van der Waals surface area contributed by atoms with Crippen molar-refractivity contribution in [1.29, 1.82) is 0 Å². The minimum atomic E-state index is -2.85. The quantitative estimate of drug-likeness (QED) is 0.0723. The fourth-order valence-electron chi connectivity index (χ4n) is 5.27. The van der Waals surface area contributed by atoms with E-state index >= 15 is 0 Å². The van der Waals surface area contributed by atoms with Crippen LogP contribution in [0.25, 0.3) is 0 Å². The van der Waals surface area contributed by atoms with Gasteiger partial charge in [0, 0.05) is 25.0 Å². The molecule has 5 nitrogen and oxygen atoms in total. The molecule has 0 aromatic heterocycles. The third-order valence-corrected chi connectivity index (χ3v) is 12.3. The van der Waals surface area contributed by atoms with Gasteiger partial charge in [0.2, 0.25) is 5.78 Å². The third-order valence-electron chi connectivity index (χ3n) is 7.29. The van der Waals surface area contributed by atoms with Crippen LogP contribution in [0, 0.1) is 11.8 Å². The van der Waals surface area contributed by atoms with E-state index in [2.05, 4.69) is 51.6 Å². The van der Waals surface area contributed by atoms with Crippen LogP contribution >= 0.6 is 0 Å². The molecule has 3 rings (SSSR count). The molecule has 0 aliphatic rings. The number of rotatable bonds is 15. The summed E-state index contributed by atoms with van der Waals surface area (Å²) in [5.74, 6) is -2.50. The van der Waals surface area contributed by atoms with Crippen LogP contribution in [0.2, 0.25) is 5.04 Å². The van der Waals surface area contributed by atoms with E-state index in [1.165, 1.54) is 0 Å². The van der Waals surface area contributed by atoms with Crippen molar-refractivity contribution in [3.8, 4) is 0 Å². The lowest BCUT2D eigenvalue weighted by Gasteiger charge is -2.44. The van der Waals surface area contributed by atoms with Crippen LogP contribution in [0.5, 0.6) is 0 Å². The Balaban J connectivity index is 1.91. The van der Waals surface area contributed by atoms with Crippen LogP contribution in [-0.2, 0) is 30.1 Å². The summed E-state index contributed by atoms with van der Waals surface area (Å²) in [6.45, 7) is 15.1. The van der Waals surface area contributed by atoms with Crippen LogP contribution in [0.15, 0.2) is 104 Å². The van der Waals surface area contributed by atoms with Gasteiger partial charge in [-0.3, -0.25) is 4.79 Å². The molecule has 2 atom stereocenters. The number of ether oxygens (including phenoxy) is 2. The number of Topliss-reactive ketones (excluding diaryl/α,β-unsaturated/α-hetero) is 1. The highest BCUT2D eigenvalue weighted by molar-refractivity contribution is 6.99. The van der Waals surface area contributed by atoms with Gasteiger partial charge < -0.3 is 13.9 Å². The molecular formula is C35H44O5Si. The molecule has 0 bridgehead atoms. The lowest BCUT2D eigenvalue weighted by atomic mass is 9.86. The van der Waals surface area contributed by atoms with Gasteiger partial charge in [0.1, 0.15) is 0 Å². The Bertz CT molecular complexity index is 1200. The van der Waals surface area contributed by atoms with Crippen molar-refractivity contribution in [3.63, 3.8) is 0 Å². The Hall–Kier alpha value is -3.32. The smallest absolute Gasteiger partial charge is 0.375 e. The van der Waals surface area contributed by atoms with Gasteiger partial charge in [-0.15, -0.1) is 6.58 Å². The van der Waals surface area contributed by atoms with Gasteiger partial charge in [0.15, 0.2) is 0 Å². The molecule has 3 aromatic rings. The lowest BCUT2D eigenvalue weighted by molar-refractivity contribution is -0.159. The molecule has 41 heavy (non-hydrogen) atoms. The zero-order chi connectivity index (χ0) is 29.9. The molecule has 0 aliphatic heterocycles. The highest BCUT2D eigenvalue weighted by Crippen LogP contribution is 2.37. The van der Waals surface area contributed by atoms with Gasteiger partial charge in [0.25, 0.3) is 8.32 Å². The molecule has 0 saturated heterocycles. The van der Waals surface area contributed by atoms with Crippen LogP contribution < -0.4 is 10.4 Å². The predicted molar refractivity (Wildman–Crippen MR) is 168 cm³/mol. The first kappa shape index (κ1) is 32.2. The third kappa shape index (κ3) is 8.35. The molecule has 0 radical (unpaired) electrons. The van der Waals surface area contributed by atoms with E-state index in [1.54, 1.807) is 19.9 Å². The number of benzene rings is 3. The summed E-state index contributed by atoms with van der Waals surface area (Å²) in [6, 6.07) is 30.6. The molecule has 0 aliphatic carbocycles. The monoisotopic (exact) mass is 572 g/mol. The molecule has 0 saturated carbocycles. The zero-order valence-corrected chi connectivity index (χ0v) is 26.0. The van der Waals surface area contributed by atoms with E-state index in [0.717, 1.165) is 15.9 Å². The van der Waals surface area contributed by atoms with Crippen LogP contribution in [0.3, 0.4) is 0 Å². The summed E-state index contributed by atoms with van der Waals surface area (Å²) in [5.41, 5.74) is 1.05. The second-order valence-electron chi connectivity index (χ2n) is 11.6. The second-order valence-corrected chi connectivity index (χ2v) is 15.9. The zero-order valence-electron chi connectivity index (χ0n) is 25.0. The molecule has 0 fully saturated rings. The van der Waals surface area contributed by atoms with Crippen molar-refractivity contribution in [2.24, 2.45) is 11.8 Å². The topological polar surface area (TPSA) is 61.8 Å². The fourth-order valence-corrected chi connectivity index (χ4v) is 9.87. The summed E-state index contributed by atoms with van der Waals surface area (Å²) < 4.78 is 18.3. The number of esters is 1. The first-order valence-corrected chi connectivity index (χ1v) is 16.2. The molecule has 0 spiro atoms.